The van der Waals surface area contributed by atoms with Gasteiger partial charge in [-0.15, -0.1) is 0 Å². The number of hydrogen-bond donors (Lipinski definition) is 1. The molecule has 0 bridgehead atoms. The highest BCUT2D eigenvalue weighted by atomic mass is 79.9. The fourth-order valence-electron chi connectivity index (χ4n) is 2.88. The second kappa shape index (κ2) is 7.92. The van der Waals surface area contributed by atoms with Gasteiger partial charge in [0.25, 0.3) is 5.56 Å². The van der Waals surface area contributed by atoms with Crippen molar-refractivity contribution in [1.82, 2.24) is 14.6 Å². The van der Waals surface area contributed by atoms with E-state index in [4.69, 9.17) is 9.47 Å². The number of H-pyrrole nitrogens is 1. The van der Waals surface area contributed by atoms with Crippen molar-refractivity contribution >= 4 is 27.5 Å². The Kier molecular flexibility index (Phi) is 5.18. The summed E-state index contributed by atoms with van der Waals surface area (Å²) in [4.78, 5) is 27.9. The lowest BCUT2D eigenvalue weighted by molar-refractivity contribution is 0.0527. The summed E-state index contributed by atoms with van der Waals surface area (Å²) in [6.07, 6.45) is 0. The lowest BCUT2D eigenvalue weighted by atomic mass is 10.1. The van der Waals surface area contributed by atoms with Gasteiger partial charge >= 0.3 is 5.97 Å². The molecule has 1 N–H and O–H groups in total. The van der Waals surface area contributed by atoms with Gasteiger partial charge in [0.2, 0.25) is 0 Å². The molecule has 0 saturated heterocycles. The van der Waals surface area contributed by atoms with Crippen molar-refractivity contribution < 1.29 is 14.3 Å². The normalized spacial score (nSPS) is 10.8. The maximum absolute atomic E-state index is 12.5. The van der Waals surface area contributed by atoms with Crippen LogP contribution in [0.25, 0.3) is 16.9 Å². The SMILES string of the molecule is CCOC(=O)c1c(Br)nn2c(=O)cc(-c3ccc(Oc4ccccc4)cc3)[nH]c12. The summed E-state index contributed by atoms with van der Waals surface area (Å²) in [5.41, 5.74) is 1.38. The molecule has 0 unspecified atom stereocenters. The second-order valence-electron chi connectivity index (χ2n) is 6.11. The minimum atomic E-state index is -0.561. The van der Waals surface area contributed by atoms with E-state index in [9.17, 15) is 9.59 Å². The van der Waals surface area contributed by atoms with E-state index >= 15 is 0 Å². The van der Waals surface area contributed by atoms with Crippen LogP contribution < -0.4 is 10.3 Å². The number of hydrogen-bond acceptors (Lipinski definition) is 5. The number of halogens is 1. The van der Waals surface area contributed by atoms with E-state index in [-0.39, 0.29) is 28.0 Å². The first-order chi connectivity index (χ1) is 14.1. The molecule has 0 amide bonds. The lowest BCUT2D eigenvalue weighted by Crippen LogP contribution is -2.15. The number of carbonyl (C=O) groups is 1. The van der Waals surface area contributed by atoms with Crippen molar-refractivity contribution in [3.8, 4) is 22.8 Å². The number of aromatic amines is 1. The Labute approximate surface area is 174 Å². The van der Waals surface area contributed by atoms with Crippen molar-refractivity contribution in [1.29, 1.82) is 0 Å². The molecule has 146 valence electrons. The van der Waals surface area contributed by atoms with Gasteiger partial charge in [0, 0.05) is 6.07 Å². The maximum atomic E-state index is 12.5. The van der Waals surface area contributed by atoms with Crippen LogP contribution in [0.5, 0.6) is 11.5 Å². The molecule has 4 aromatic rings. The summed E-state index contributed by atoms with van der Waals surface area (Å²) in [6, 6.07) is 18.2. The van der Waals surface area contributed by atoms with Crippen molar-refractivity contribution in [2.45, 2.75) is 6.92 Å². The van der Waals surface area contributed by atoms with Crippen LogP contribution >= 0.6 is 15.9 Å². The quantitative estimate of drug-likeness (QED) is 0.452. The number of fused-ring (bicyclic) bond motifs is 1. The van der Waals surface area contributed by atoms with Gasteiger partial charge in [-0.2, -0.15) is 9.61 Å². The second-order valence-corrected chi connectivity index (χ2v) is 6.86. The summed E-state index contributed by atoms with van der Waals surface area (Å²) in [5, 5.41) is 4.08. The van der Waals surface area contributed by atoms with Crippen molar-refractivity contribution in [3.63, 3.8) is 0 Å². The summed E-state index contributed by atoms with van der Waals surface area (Å²) in [5.74, 6) is 0.842. The van der Waals surface area contributed by atoms with E-state index in [1.54, 1.807) is 6.92 Å². The van der Waals surface area contributed by atoms with E-state index in [0.717, 1.165) is 15.8 Å². The van der Waals surface area contributed by atoms with Crippen molar-refractivity contribution in [2.24, 2.45) is 0 Å². The molecule has 0 spiro atoms. The van der Waals surface area contributed by atoms with Crippen molar-refractivity contribution in [3.05, 3.63) is 81.2 Å². The Bertz CT molecular complexity index is 1230. The monoisotopic (exact) mass is 453 g/mol. The smallest absolute Gasteiger partial charge is 0.344 e. The van der Waals surface area contributed by atoms with E-state index in [1.807, 2.05) is 54.6 Å². The number of rotatable bonds is 5. The standard InChI is InChI=1S/C21H16BrN3O4/c1-2-28-21(27)18-19(22)24-25-17(26)12-16(23-20(18)25)13-8-10-15(11-9-13)29-14-6-4-3-5-7-14/h3-12,23H,2H2,1H3. The van der Waals surface area contributed by atoms with Crippen LogP contribution in [0.15, 0.2) is 70.1 Å². The first-order valence-corrected chi connectivity index (χ1v) is 9.68. The number of carbonyl (C=O) groups excluding carboxylic acids is 1. The molecule has 7 nitrogen and oxygen atoms in total. The minimum absolute atomic E-state index is 0.176. The molecule has 0 aliphatic heterocycles. The number of nitrogens with zero attached hydrogens (tertiary/aromatic N) is 2. The molecule has 0 fully saturated rings. The van der Waals surface area contributed by atoms with Crippen LogP contribution in [0.1, 0.15) is 17.3 Å². The van der Waals surface area contributed by atoms with Crippen LogP contribution in [-0.2, 0) is 4.74 Å². The van der Waals surface area contributed by atoms with Crippen LogP contribution in [0, 0.1) is 0 Å². The number of ether oxygens (including phenoxy) is 2. The zero-order valence-corrected chi connectivity index (χ0v) is 17.0. The Balaban J connectivity index is 1.71. The molecule has 2 aromatic carbocycles. The van der Waals surface area contributed by atoms with Gasteiger partial charge in [-0.25, -0.2) is 4.79 Å². The van der Waals surface area contributed by atoms with Crippen LogP contribution in [-0.4, -0.2) is 27.2 Å². The molecule has 0 radical (unpaired) electrons. The Morgan fingerprint density at radius 3 is 2.48 bits per heavy atom. The van der Waals surface area contributed by atoms with Gasteiger partial charge in [0.15, 0.2) is 5.65 Å². The molecule has 0 aliphatic rings. The van der Waals surface area contributed by atoms with Gasteiger partial charge in [-0.05, 0) is 64.8 Å². The molecule has 4 rings (SSSR count). The number of benzene rings is 2. The van der Waals surface area contributed by atoms with Crippen LogP contribution in [0.3, 0.4) is 0 Å². The van der Waals surface area contributed by atoms with E-state index < -0.39 is 5.97 Å². The number of para-hydroxylation sites is 1. The number of aromatic nitrogens is 3. The summed E-state index contributed by atoms with van der Waals surface area (Å²) in [6.45, 7) is 1.93. The van der Waals surface area contributed by atoms with Gasteiger partial charge in [0.05, 0.1) is 12.3 Å². The third-order valence-corrected chi connectivity index (χ3v) is 4.75. The average molecular weight is 454 g/mol. The van der Waals surface area contributed by atoms with Crippen LogP contribution in [0.2, 0.25) is 0 Å². The molecule has 29 heavy (non-hydrogen) atoms. The zero-order chi connectivity index (χ0) is 20.4. The molecule has 8 heteroatoms. The van der Waals surface area contributed by atoms with Gasteiger partial charge in [-0.1, -0.05) is 18.2 Å². The zero-order valence-electron chi connectivity index (χ0n) is 15.4. The third kappa shape index (κ3) is 3.79. The topological polar surface area (TPSA) is 85.7 Å². The predicted molar refractivity (Wildman–Crippen MR) is 111 cm³/mol. The Morgan fingerprint density at radius 1 is 1.10 bits per heavy atom. The number of nitrogens with one attached hydrogen (secondary N) is 1. The first kappa shape index (κ1) is 18.9. The highest BCUT2D eigenvalue weighted by molar-refractivity contribution is 9.10. The van der Waals surface area contributed by atoms with Crippen LogP contribution in [0.4, 0.5) is 0 Å². The molecule has 0 atom stereocenters. The minimum Gasteiger partial charge on any atom is -0.462 e. The van der Waals surface area contributed by atoms with E-state index in [0.29, 0.717) is 11.4 Å². The highest BCUT2D eigenvalue weighted by Gasteiger charge is 2.22. The number of esters is 1. The van der Waals surface area contributed by atoms with Gasteiger partial charge in [0.1, 0.15) is 21.7 Å². The maximum Gasteiger partial charge on any atom is 0.344 e. The Hall–Kier alpha value is -3.39. The van der Waals surface area contributed by atoms with Crippen molar-refractivity contribution in [2.75, 3.05) is 6.61 Å². The molecule has 0 saturated carbocycles. The summed E-state index contributed by atoms with van der Waals surface area (Å²) in [7, 11) is 0. The molecule has 2 aromatic heterocycles. The molecule has 0 aliphatic carbocycles. The molecule has 2 heterocycles. The fourth-order valence-corrected chi connectivity index (χ4v) is 3.39. The average Bonchev–Trinajstić information content (AvgIpc) is 3.06. The van der Waals surface area contributed by atoms with E-state index in [2.05, 4.69) is 26.0 Å². The highest BCUT2D eigenvalue weighted by Crippen LogP contribution is 2.26. The fraction of sp³-hybridized carbons (Fsp3) is 0.0952. The molecular formula is C21H16BrN3O4. The summed E-state index contributed by atoms with van der Waals surface area (Å²) < 4.78 is 12.2. The van der Waals surface area contributed by atoms with Gasteiger partial charge < -0.3 is 14.5 Å². The Morgan fingerprint density at radius 2 is 1.79 bits per heavy atom. The molecular weight excluding hydrogens is 438 g/mol. The van der Waals surface area contributed by atoms with E-state index in [1.165, 1.54) is 6.07 Å². The largest absolute Gasteiger partial charge is 0.462 e. The van der Waals surface area contributed by atoms with Gasteiger partial charge in [-0.3, -0.25) is 4.79 Å². The predicted octanol–water partition coefficient (Wildman–Crippen LogP) is 4.42. The first-order valence-electron chi connectivity index (χ1n) is 8.89. The summed E-state index contributed by atoms with van der Waals surface area (Å²) >= 11 is 3.23. The lowest BCUT2D eigenvalue weighted by Gasteiger charge is -2.08. The third-order valence-electron chi connectivity index (χ3n) is 4.20.